The molecule has 1 radical (unpaired) electrons. The Bertz CT molecular complexity index is 665. The van der Waals surface area contributed by atoms with Gasteiger partial charge in [0.1, 0.15) is 0 Å². The summed E-state index contributed by atoms with van der Waals surface area (Å²) >= 11 is 0. The Labute approximate surface area is 102 Å². The molecule has 0 unspecified atom stereocenters. The molecular formula is C17H15. The number of benzene rings is 3. The third-order valence-electron chi connectivity index (χ3n) is 3.28. The highest BCUT2D eigenvalue weighted by Crippen LogP contribution is 2.26. The zero-order chi connectivity index (χ0) is 11.7. The van der Waals surface area contributed by atoms with Crippen LogP contribution in [0.25, 0.3) is 21.5 Å². The first-order valence-electron chi connectivity index (χ1n) is 6.08. The zero-order valence-corrected chi connectivity index (χ0v) is 9.82. The second kappa shape index (κ2) is 4.21. The minimum absolute atomic E-state index is 0.950. The van der Waals surface area contributed by atoms with Gasteiger partial charge in [-0.1, -0.05) is 49.4 Å². The molecule has 0 aromatic heterocycles. The van der Waals surface area contributed by atoms with E-state index in [0.29, 0.717) is 0 Å². The molecule has 0 nitrogen and oxygen atoms in total. The van der Waals surface area contributed by atoms with Gasteiger partial charge >= 0.3 is 0 Å². The molecule has 0 heterocycles. The van der Waals surface area contributed by atoms with Crippen LogP contribution in [-0.2, 0) is 6.42 Å². The summed E-state index contributed by atoms with van der Waals surface area (Å²) in [6.45, 7) is 3.95. The van der Waals surface area contributed by atoms with Crippen LogP contribution in [0.1, 0.15) is 12.0 Å². The second-order valence-electron chi connectivity index (χ2n) is 4.44. The maximum absolute atomic E-state index is 3.95. The van der Waals surface area contributed by atoms with E-state index < -0.39 is 0 Å². The molecule has 3 aromatic rings. The van der Waals surface area contributed by atoms with E-state index in [2.05, 4.69) is 61.5 Å². The van der Waals surface area contributed by atoms with E-state index >= 15 is 0 Å². The molecule has 0 bridgehead atoms. The van der Waals surface area contributed by atoms with Crippen LogP contribution in [0.2, 0.25) is 0 Å². The third kappa shape index (κ3) is 1.80. The highest BCUT2D eigenvalue weighted by molar-refractivity contribution is 5.99. The van der Waals surface area contributed by atoms with Gasteiger partial charge in [0.25, 0.3) is 0 Å². The lowest BCUT2D eigenvalue weighted by Crippen LogP contribution is -1.86. The second-order valence-corrected chi connectivity index (χ2v) is 4.44. The monoisotopic (exact) mass is 219 g/mol. The van der Waals surface area contributed by atoms with Crippen LogP contribution in [0.15, 0.2) is 54.6 Å². The Hall–Kier alpha value is -1.82. The standard InChI is InChI=1S/C17H15/c1-2-6-13-9-5-10-16-11-14-7-3-4-8-15(14)12-17(13)16/h3-5,7-12H,1-2,6H2. The summed E-state index contributed by atoms with van der Waals surface area (Å²) < 4.78 is 0. The molecule has 0 aliphatic carbocycles. The highest BCUT2D eigenvalue weighted by Gasteiger charge is 2.01. The maximum atomic E-state index is 3.95. The fraction of sp³-hybridized carbons (Fsp3) is 0.118. The first kappa shape index (κ1) is 10.3. The van der Waals surface area contributed by atoms with Gasteiger partial charge in [-0.15, -0.1) is 0 Å². The lowest BCUT2D eigenvalue weighted by molar-refractivity contribution is 1.01. The molecule has 3 rings (SSSR count). The molecule has 0 amide bonds. The van der Waals surface area contributed by atoms with Crippen molar-refractivity contribution in [3.05, 3.63) is 67.1 Å². The van der Waals surface area contributed by atoms with Crippen LogP contribution in [0.3, 0.4) is 0 Å². The first-order chi connectivity index (χ1) is 8.38. The number of rotatable bonds is 2. The number of hydrogen-bond donors (Lipinski definition) is 0. The van der Waals surface area contributed by atoms with E-state index in [9.17, 15) is 0 Å². The molecule has 3 aromatic carbocycles. The van der Waals surface area contributed by atoms with Crippen molar-refractivity contribution in [2.45, 2.75) is 12.8 Å². The summed E-state index contributed by atoms with van der Waals surface area (Å²) in [5.41, 5.74) is 1.41. The van der Waals surface area contributed by atoms with Gasteiger partial charge in [0.2, 0.25) is 0 Å². The summed E-state index contributed by atoms with van der Waals surface area (Å²) in [5.74, 6) is 0. The van der Waals surface area contributed by atoms with E-state index in [1.807, 2.05) is 0 Å². The van der Waals surface area contributed by atoms with Crippen molar-refractivity contribution < 1.29 is 0 Å². The highest BCUT2D eigenvalue weighted by atomic mass is 14.1. The summed E-state index contributed by atoms with van der Waals surface area (Å²) in [5, 5.41) is 5.33. The molecule has 0 saturated carbocycles. The third-order valence-corrected chi connectivity index (χ3v) is 3.28. The largest absolute Gasteiger partial charge is 0.0616 e. The van der Waals surface area contributed by atoms with Gasteiger partial charge < -0.3 is 0 Å². The van der Waals surface area contributed by atoms with Crippen molar-refractivity contribution >= 4 is 21.5 Å². The number of hydrogen-bond acceptors (Lipinski definition) is 0. The average molecular weight is 219 g/mol. The zero-order valence-electron chi connectivity index (χ0n) is 9.82. The van der Waals surface area contributed by atoms with Gasteiger partial charge in [-0.25, -0.2) is 0 Å². The maximum Gasteiger partial charge on any atom is -0.0146 e. The Morgan fingerprint density at radius 3 is 2.24 bits per heavy atom. The van der Waals surface area contributed by atoms with Crippen molar-refractivity contribution in [2.24, 2.45) is 0 Å². The topological polar surface area (TPSA) is 0 Å². The van der Waals surface area contributed by atoms with E-state index in [0.717, 1.165) is 12.8 Å². The molecule has 0 aliphatic rings. The Kier molecular flexibility index (Phi) is 2.56. The van der Waals surface area contributed by atoms with Crippen molar-refractivity contribution in [3.8, 4) is 0 Å². The minimum Gasteiger partial charge on any atom is -0.0616 e. The van der Waals surface area contributed by atoms with Gasteiger partial charge in [-0.2, -0.15) is 0 Å². The quantitative estimate of drug-likeness (QED) is 0.545. The molecule has 0 heteroatoms. The molecule has 0 saturated heterocycles. The molecule has 0 atom stereocenters. The molecular weight excluding hydrogens is 204 g/mol. The molecule has 83 valence electrons. The van der Waals surface area contributed by atoms with E-state index in [-0.39, 0.29) is 0 Å². The predicted octanol–water partition coefficient (Wildman–Crippen LogP) is 4.76. The van der Waals surface area contributed by atoms with Crippen LogP contribution < -0.4 is 0 Å². The average Bonchev–Trinajstić information content (AvgIpc) is 2.37. The normalized spacial score (nSPS) is 11.1. The number of fused-ring (bicyclic) bond motifs is 2. The molecule has 0 N–H and O–H groups in total. The van der Waals surface area contributed by atoms with Crippen molar-refractivity contribution in [1.82, 2.24) is 0 Å². The van der Waals surface area contributed by atoms with Crippen LogP contribution in [0, 0.1) is 6.92 Å². The Morgan fingerprint density at radius 2 is 1.47 bits per heavy atom. The summed E-state index contributed by atoms with van der Waals surface area (Å²) in [4.78, 5) is 0. The predicted molar refractivity (Wildman–Crippen MR) is 75.1 cm³/mol. The van der Waals surface area contributed by atoms with Crippen molar-refractivity contribution in [2.75, 3.05) is 0 Å². The Balaban J connectivity index is 2.35. The SMILES string of the molecule is [CH2]CCc1cccc2cc3ccccc3cc12. The first-order valence-corrected chi connectivity index (χ1v) is 6.08. The molecule has 0 fully saturated rings. The van der Waals surface area contributed by atoms with Gasteiger partial charge in [-0.05, 0) is 52.1 Å². The van der Waals surface area contributed by atoms with Gasteiger partial charge in [0.15, 0.2) is 0 Å². The Morgan fingerprint density at radius 1 is 0.765 bits per heavy atom. The van der Waals surface area contributed by atoms with E-state index in [4.69, 9.17) is 0 Å². The summed E-state index contributed by atoms with van der Waals surface area (Å²) in [7, 11) is 0. The van der Waals surface area contributed by atoms with E-state index in [1.54, 1.807) is 0 Å². The molecule has 0 aliphatic heterocycles. The van der Waals surface area contributed by atoms with Crippen LogP contribution in [-0.4, -0.2) is 0 Å². The van der Waals surface area contributed by atoms with Crippen LogP contribution >= 0.6 is 0 Å². The van der Waals surface area contributed by atoms with Gasteiger partial charge in [0.05, 0.1) is 0 Å². The molecule has 17 heavy (non-hydrogen) atoms. The lowest BCUT2D eigenvalue weighted by atomic mass is 9.98. The van der Waals surface area contributed by atoms with Gasteiger partial charge in [-0.3, -0.25) is 0 Å². The minimum atomic E-state index is 0.950. The summed E-state index contributed by atoms with van der Waals surface area (Å²) in [6.07, 6.45) is 2.00. The van der Waals surface area contributed by atoms with Crippen LogP contribution in [0.5, 0.6) is 0 Å². The molecule has 0 spiro atoms. The summed E-state index contributed by atoms with van der Waals surface area (Å²) in [6, 6.07) is 19.6. The van der Waals surface area contributed by atoms with Crippen LogP contribution in [0.4, 0.5) is 0 Å². The van der Waals surface area contributed by atoms with Gasteiger partial charge in [0, 0.05) is 0 Å². The smallest absolute Gasteiger partial charge is 0.0146 e. The number of aryl methyl sites for hydroxylation is 1. The lowest BCUT2D eigenvalue weighted by Gasteiger charge is -2.07. The van der Waals surface area contributed by atoms with E-state index in [1.165, 1.54) is 27.1 Å². The van der Waals surface area contributed by atoms with Crippen molar-refractivity contribution in [1.29, 1.82) is 0 Å². The van der Waals surface area contributed by atoms with Crippen molar-refractivity contribution in [3.63, 3.8) is 0 Å². The fourth-order valence-electron chi connectivity index (χ4n) is 2.44. The fourth-order valence-corrected chi connectivity index (χ4v) is 2.44.